The van der Waals surface area contributed by atoms with Gasteiger partial charge in [0.2, 0.25) is 17.7 Å². The number of amides is 3. The Morgan fingerprint density at radius 1 is 1.07 bits per heavy atom. The number of aliphatic hydroxyl groups is 1. The number of likely N-dealkylation sites (N-methyl/N-ethyl adjacent to an activating group) is 1. The van der Waals surface area contributed by atoms with Gasteiger partial charge in [-0.25, -0.2) is 0 Å². The number of hydrogen-bond acceptors (Lipinski definition) is 5. The fraction of sp³-hybridized carbons (Fsp3) is 0.656. The van der Waals surface area contributed by atoms with Crippen molar-refractivity contribution in [3.63, 3.8) is 0 Å². The van der Waals surface area contributed by atoms with Crippen LogP contribution in [0.4, 0.5) is 0 Å². The Morgan fingerprint density at radius 3 is 2.25 bits per heavy atom. The van der Waals surface area contributed by atoms with Crippen LogP contribution in [0.25, 0.3) is 0 Å². The van der Waals surface area contributed by atoms with Crippen LogP contribution in [-0.2, 0) is 14.4 Å². The summed E-state index contributed by atoms with van der Waals surface area (Å²) in [5.41, 5.74) is 1.67. The largest absolute Gasteiger partial charge is 0.394 e. The van der Waals surface area contributed by atoms with Gasteiger partial charge in [0.15, 0.2) is 0 Å². The highest BCUT2D eigenvalue weighted by molar-refractivity contribution is 5.90. The lowest BCUT2D eigenvalue weighted by atomic mass is 9.97. The summed E-state index contributed by atoms with van der Waals surface area (Å²) in [4.78, 5) is 42.8. The molecular formula is C32H54N4O4. The molecule has 3 unspecified atom stereocenters. The first-order valence-electron chi connectivity index (χ1n) is 14.9. The van der Waals surface area contributed by atoms with E-state index < -0.39 is 12.1 Å². The summed E-state index contributed by atoms with van der Waals surface area (Å²) < 4.78 is 0. The van der Waals surface area contributed by atoms with Gasteiger partial charge < -0.3 is 20.6 Å². The molecule has 40 heavy (non-hydrogen) atoms. The Bertz CT molecular complexity index is 932. The van der Waals surface area contributed by atoms with Crippen LogP contribution in [0.15, 0.2) is 42.0 Å². The number of rotatable bonds is 12. The maximum Gasteiger partial charge on any atom is 0.245 e. The van der Waals surface area contributed by atoms with E-state index in [4.69, 9.17) is 0 Å². The van der Waals surface area contributed by atoms with Crippen LogP contribution in [0, 0.1) is 5.92 Å². The van der Waals surface area contributed by atoms with Gasteiger partial charge in [-0.3, -0.25) is 19.3 Å². The maximum atomic E-state index is 13.3. The fourth-order valence-corrected chi connectivity index (χ4v) is 4.73. The molecule has 1 saturated heterocycles. The molecule has 1 aromatic carbocycles. The smallest absolute Gasteiger partial charge is 0.245 e. The molecule has 0 spiro atoms. The van der Waals surface area contributed by atoms with Gasteiger partial charge in [-0.1, -0.05) is 82.5 Å². The highest BCUT2D eigenvalue weighted by Gasteiger charge is 2.34. The van der Waals surface area contributed by atoms with Gasteiger partial charge in [0.25, 0.3) is 0 Å². The second-order valence-corrected chi connectivity index (χ2v) is 11.4. The summed E-state index contributed by atoms with van der Waals surface area (Å²) in [6, 6.07) is 8.35. The average Bonchev–Trinajstić information content (AvgIpc) is 2.93. The molecule has 2 rings (SSSR count). The summed E-state index contributed by atoms with van der Waals surface area (Å²) in [5, 5.41) is 15.6. The normalized spacial score (nSPS) is 17.5. The van der Waals surface area contributed by atoms with Gasteiger partial charge in [0.1, 0.15) is 6.04 Å². The Morgan fingerprint density at radius 2 is 1.70 bits per heavy atom. The number of nitrogens with one attached hydrogen (secondary N) is 2. The molecular weight excluding hydrogens is 504 g/mol. The monoisotopic (exact) mass is 558 g/mol. The zero-order valence-corrected chi connectivity index (χ0v) is 26.1. The molecule has 1 heterocycles. The first-order chi connectivity index (χ1) is 19.0. The molecule has 0 aromatic heterocycles. The first kappa shape index (κ1) is 35.3. The molecule has 8 heteroatoms. The number of nitrogens with zero attached hydrogens (tertiary/aromatic N) is 2. The van der Waals surface area contributed by atoms with Crippen LogP contribution >= 0.6 is 0 Å². The summed E-state index contributed by atoms with van der Waals surface area (Å²) in [5.74, 6) is -0.471. The highest BCUT2D eigenvalue weighted by Crippen LogP contribution is 2.20. The van der Waals surface area contributed by atoms with Crippen molar-refractivity contribution in [1.29, 1.82) is 0 Å². The van der Waals surface area contributed by atoms with Gasteiger partial charge >= 0.3 is 0 Å². The van der Waals surface area contributed by atoms with Crippen molar-refractivity contribution in [3.05, 3.63) is 47.5 Å². The third-order valence-electron chi connectivity index (χ3n) is 6.99. The third kappa shape index (κ3) is 11.8. The van der Waals surface area contributed by atoms with Crippen molar-refractivity contribution in [3.8, 4) is 0 Å². The molecule has 1 aliphatic rings. The maximum absolute atomic E-state index is 13.3. The summed E-state index contributed by atoms with van der Waals surface area (Å²) in [6.45, 7) is 15.2. The zero-order chi connectivity index (χ0) is 30.2. The minimum absolute atomic E-state index is 0.0563. The van der Waals surface area contributed by atoms with Crippen molar-refractivity contribution < 1.29 is 19.5 Å². The SMILES string of the molecule is C/C(=C\CN(C)C(=O)C(NC(=O)C1CCCCN1C(C)C)C(C)C)CC(=O)NC(CO)c1ccccc1.CCC. The second-order valence-electron chi connectivity index (χ2n) is 11.4. The summed E-state index contributed by atoms with van der Waals surface area (Å²) in [7, 11) is 1.71. The van der Waals surface area contributed by atoms with E-state index >= 15 is 0 Å². The predicted octanol–water partition coefficient (Wildman–Crippen LogP) is 4.45. The topological polar surface area (TPSA) is 102 Å². The van der Waals surface area contributed by atoms with Gasteiger partial charge in [-0.05, 0) is 51.6 Å². The van der Waals surface area contributed by atoms with Crippen molar-refractivity contribution in [2.45, 2.75) is 105 Å². The standard InChI is InChI=1S/C29H46N4O4.C3H8/c1-20(2)27(31-28(36)25-14-10-11-16-33(25)21(3)4)29(37)32(6)17-15-22(5)18-26(35)30-24(19-34)23-12-8-7-9-13-23;1-3-2/h7-9,12-13,15,20-21,24-25,27,34H,10-11,14,16-19H2,1-6H3,(H,30,35)(H,31,36);3H2,1-2H3/b22-15+;. The van der Waals surface area contributed by atoms with E-state index in [0.29, 0.717) is 6.54 Å². The van der Waals surface area contributed by atoms with Gasteiger partial charge in [-0.15, -0.1) is 0 Å². The molecule has 1 aliphatic heterocycles. The van der Waals surface area contributed by atoms with Crippen LogP contribution < -0.4 is 10.6 Å². The number of carbonyl (C=O) groups is 3. The minimum Gasteiger partial charge on any atom is -0.394 e. The van der Waals surface area contributed by atoms with Crippen LogP contribution in [0.3, 0.4) is 0 Å². The van der Waals surface area contributed by atoms with E-state index in [2.05, 4.69) is 43.2 Å². The van der Waals surface area contributed by atoms with Crippen LogP contribution in [0.2, 0.25) is 0 Å². The molecule has 226 valence electrons. The molecule has 3 atom stereocenters. The molecule has 1 fully saturated rings. The van der Waals surface area contributed by atoms with E-state index in [0.717, 1.165) is 36.9 Å². The molecule has 0 radical (unpaired) electrons. The number of aliphatic hydroxyl groups excluding tert-OH is 1. The molecule has 1 aromatic rings. The van der Waals surface area contributed by atoms with Crippen molar-refractivity contribution >= 4 is 17.7 Å². The Balaban J connectivity index is 0.00000254. The Labute approximate surface area is 242 Å². The van der Waals surface area contributed by atoms with Gasteiger partial charge in [-0.2, -0.15) is 0 Å². The Kier molecular flexibility index (Phi) is 16.4. The molecule has 0 saturated carbocycles. The average molecular weight is 559 g/mol. The van der Waals surface area contributed by atoms with E-state index in [1.54, 1.807) is 11.9 Å². The number of benzene rings is 1. The Hall–Kier alpha value is -2.71. The van der Waals surface area contributed by atoms with E-state index in [1.165, 1.54) is 6.42 Å². The number of likely N-dealkylation sites (tertiary alicyclic amines) is 1. The first-order valence-corrected chi connectivity index (χ1v) is 14.9. The lowest BCUT2D eigenvalue weighted by Gasteiger charge is -2.38. The number of carbonyl (C=O) groups excluding carboxylic acids is 3. The van der Waals surface area contributed by atoms with Crippen LogP contribution in [0.1, 0.15) is 92.2 Å². The second kappa shape index (κ2) is 18.6. The van der Waals surface area contributed by atoms with Crippen molar-refractivity contribution in [1.82, 2.24) is 20.4 Å². The number of piperidine rings is 1. The lowest BCUT2D eigenvalue weighted by Crippen LogP contribution is -2.57. The lowest BCUT2D eigenvalue weighted by molar-refractivity contribution is -0.138. The van der Waals surface area contributed by atoms with E-state index in [1.807, 2.05) is 57.2 Å². The number of hydrogen-bond donors (Lipinski definition) is 3. The third-order valence-corrected chi connectivity index (χ3v) is 6.99. The van der Waals surface area contributed by atoms with E-state index in [9.17, 15) is 19.5 Å². The quantitative estimate of drug-likeness (QED) is 0.329. The molecule has 8 nitrogen and oxygen atoms in total. The predicted molar refractivity (Wildman–Crippen MR) is 163 cm³/mol. The van der Waals surface area contributed by atoms with Gasteiger partial charge in [0, 0.05) is 26.1 Å². The fourth-order valence-electron chi connectivity index (χ4n) is 4.73. The highest BCUT2D eigenvalue weighted by atomic mass is 16.3. The van der Waals surface area contributed by atoms with Crippen LogP contribution in [-0.4, -0.2) is 77.5 Å². The van der Waals surface area contributed by atoms with Gasteiger partial charge in [0.05, 0.1) is 18.7 Å². The molecule has 0 aliphatic carbocycles. The molecule has 3 amide bonds. The summed E-state index contributed by atoms with van der Waals surface area (Å²) >= 11 is 0. The molecule has 0 bridgehead atoms. The van der Waals surface area contributed by atoms with Crippen molar-refractivity contribution in [2.75, 3.05) is 26.7 Å². The zero-order valence-electron chi connectivity index (χ0n) is 26.1. The van der Waals surface area contributed by atoms with Crippen molar-refractivity contribution in [2.24, 2.45) is 5.92 Å². The minimum atomic E-state index is -0.610. The van der Waals surface area contributed by atoms with Crippen LogP contribution in [0.5, 0.6) is 0 Å². The molecule has 3 N–H and O–H groups in total. The van der Waals surface area contributed by atoms with E-state index in [-0.39, 0.29) is 48.8 Å². The summed E-state index contributed by atoms with van der Waals surface area (Å²) in [6.07, 6.45) is 6.19.